The molecule has 0 unspecified atom stereocenters. The molecule has 1 N–H and O–H groups in total. The first-order valence-electron chi connectivity index (χ1n) is 8.44. The Bertz CT molecular complexity index is 494. The summed E-state index contributed by atoms with van der Waals surface area (Å²) in [6.45, 7) is 7.26. The summed E-state index contributed by atoms with van der Waals surface area (Å²) in [5, 5.41) is 3.29. The normalized spacial score (nSPS) is 16.1. The standard InChI is InChI=1S/C17H25F3N2O3/c18-17(19,20)15-2-1-3-16(14-15)25-13-12-23-9-5-21-4-6-22-7-10-24-11-8-22/h1-3,14,21H,4-13H2. The van der Waals surface area contributed by atoms with Crippen molar-refractivity contribution in [1.29, 1.82) is 0 Å². The third-order valence-electron chi connectivity index (χ3n) is 3.79. The zero-order chi connectivity index (χ0) is 18.0. The molecule has 0 saturated carbocycles. The van der Waals surface area contributed by atoms with Gasteiger partial charge in [0.15, 0.2) is 0 Å². The number of ether oxygens (including phenoxy) is 3. The van der Waals surface area contributed by atoms with E-state index in [1.165, 1.54) is 12.1 Å². The van der Waals surface area contributed by atoms with Gasteiger partial charge in [-0.3, -0.25) is 4.90 Å². The maximum absolute atomic E-state index is 12.6. The summed E-state index contributed by atoms with van der Waals surface area (Å²) in [6.07, 6.45) is -4.36. The van der Waals surface area contributed by atoms with Crippen LogP contribution in [0.2, 0.25) is 0 Å². The fraction of sp³-hybridized carbons (Fsp3) is 0.647. The molecular weight excluding hydrogens is 337 g/mol. The molecule has 0 amide bonds. The van der Waals surface area contributed by atoms with E-state index in [-0.39, 0.29) is 12.4 Å². The molecule has 1 fully saturated rings. The predicted molar refractivity (Wildman–Crippen MR) is 87.9 cm³/mol. The maximum Gasteiger partial charge on any atom is 0.416 e. The van der Waals surface area contributed by atoms with Crippen LogP contribution in [0.3, 0.4) is 0 Å². The number of nitrogens with zero attached hydrogens (tertiary/aromatic N) is 1. The third-order valence-corrected chi connectivity index (χ3v) is 3.79. The smallest absolute Gasteiger partial charge is 0.416 e. The molecule has 1 aliphatic rings. The lowest BCUT2D eigenvalue weighted by Crippen LogP contribution is -2.40. The van der Waals surface area contributed by atoms with E-state index in [1.807, 2.05) is 0 Å². The highest BCUT2D eigenvalue weighted by Crippen LogP contribution is 2.31. The van der Waals surface area contributed by atoms with Crippen molar-refractivity contribution in [3.05, 3.63) is 29.8 Å². The first-order valence-corrected chi connectivity index (χ1v) is 8.44. The number of hydrogen-bond acceptors (Lipinski definition) is 5. The average molecular weight is 362 g/mol. The molecule has 0 bridgehead atoms. The van der Waals surface area contributed by atoms with Crippen LogP contribution in [0, 0.1) is 0 Å². The Morgan fingerprint density at radius 1 is 1.08 bits per heavy atom. The molecule has 2 rings (SSSR count). The zero-order valence-corrected chi connectivity index (χ0v) is 14.2. The Balaban J connectivity index is 1.47. The average Bonchev–Trinajstić information content (AvgIpc) is 2.61. The molecule has 1 aromatic carbocycles. The highest BCUT2D eigenvalue weighted by Gasteiger charge is 2.30. The fourth-order valence-electron chi connectivity index (χ4n) is 2.41. The van der Waals surface area contributed by atoms with E-state index in [4.69, 9.17) is 14.2 Å². The second-order valence-electron chi connectivity index (χ2n) is 5.69. The van der Waals surface area contributed by atoms with Crippen LogP contribution in [0.1, 0.15) is 5.56 Å². The van der Waals surface area contributed by atoms with Crippen LogP contribution in [0.5, 0.6) is 5.75 Å². The van der Waals surface area contributed by atoms with Crippen molar-refractivity contribution in [1.82, 2.24) is 10.2 Å². The van der Waals surface area contributed by atoms with E-state index >= 15 is 0 Å². The van der Waals surface area contributed by atoms with Gasteiger partial charge in [-0.05, 0) is 18.2 Å². The molecule has 1 heterocycles. The lowest BCUT2D eigenvalue weighted by Gasteiger charge is -2.26. The van der Waals surface area contributed by atoms with E-state index in [0.29, 0.717) is 13.2 Å². The molecular formula is C17H25F3N2O3. The van der Waals surface area contributed by atoms with Crippen LogP contribution in [0.4, 0.5) is 13.2 Å². The van der Waals surface area contributed by atoms with E-state index in [1.54, 1.807) is 0 Å². The Hall–Kier alpha value is -1.35. The number of rotatable bonds is 10. The Morgan fingerprint density at radius 2 is 1.88 bits per heavy atom. The van der Waals surface area contributed by atoms with Gasteiger partial charge in [-0.15, -0.1) is 0 Å². The van der Waals surface area contributed by atoms with E-state index in [0.717, 1.165) is 58.1 Å². The SMILES string of the molecule is FC(F)(F)c1cccc(OCCOCCNCCN2CCOCC2)c1. The zero-order valence-electron chi connectivity index (χ0n) is 14.2. The first kappa shape index (κ1) is 20.0. The van der Waals surface area contributed by atoms with Gasteiger partial charge in [0, 0.05) is 32.7 Å². The summed E-state index contributed by atoms with van der Waals surface area (Å²) in [5.41, 5.74) is -0.713. The van der Waals surface area contributed by atoms with Gasteiger partial charge in [0.2, 0.25) is 0 Å². The Labute approximate surface area is 146 Å². The van der Waals surface area contributed by atoms with Gasteiger partial charge < -0.3 is 19.5 Å². The van der Waals surface area contributed by atoms with Gasteiger partial charge in [0.1, 0.15) is 12.4 Å². The third kappa shape index (κ3) is 8.04. The van der Waals surface area contributed by atoms with Crippen LogP contribution in [-0.2, 0) is 15.7 Å². The summed E-state index contributed by atoms with van der Waals surface area (Å²) < 4.78 is 53.7. The molecule has 5 nitrogen and oxygen atoms in total. The molecule has 0 spiro atoms. The largest absolute Gasteiger partial charge is 0.491 e. The molecule has 0 radical (unpaired) electrons. The Kier molecular flexibility index (Phi) is 8.47. The minimum absolute atomic E-state index is 0.196. The molecule has 0 atom stereocenters. The van der Waals surface area contributed by atoms with Gasteiger partial charge in [-0.2, -0.15) is 13.2 Å². The second kappa shape index (κ2) is 10.6. The van der Waals surface area contributed by atoms with Crippen molar-refractivity contribution in [2.24, 2.45) is 0 Å². The second-order valence-corrected chi connectivity index (χ2v) is 5.69. The highest BCUT2D eigenvalue weighted by atomic mass is 19.4. The Morgan fingerprint density at radius 3 is 2.64 bits per heavy atom. The molecule has 0 aliphatic carbocycles. The molecule has 1 aliphatic heterocycles. The number of morpholine rings is 1. The predicted octanol–water partition coefficient (Wildman–Crippen LogP) is 2.02. The number of benzene rings is 1. The van der Waals surface area contributed by atoms with Gasteiger partial charge in [0.05, 0.1) is 32.0 Å². The summed E-state index contributed by atoms with van der Waals surface area (Å²) in [5.74, 6) is 0.196. The van der Waals surface area contributed by atoms with Crippen molar-refractivity contribution in [3.8, 4) is 5.75 Å². The molecule has 1 aromatic rings. The minimum Gasteiger partial charge on any atom is -0.491 e. The van der Waals surface area contributed by atoms with E-state index in [2.05, 4.69) is 10.2 Å². The molecule has 25 heavy (non-hydrogen) atoms. The lowest BCUT2D eigenvalue weighted by molar-refractivity contribution is -0.137. The van der Waals surface area contributed by atoms with Crippen molar-refractivity contribution in [2.45, 2.75) is 6.18 Å². The minimum atomic E-state index is -4.36. The fourth-order valence-corrected chi connectivity index (χ4v) is 2.41. The monoisotopic (exact) mass is 362 g/mol. The van der Waals surface area contributed by atoms with Gasteiger partial charge in [0.25, 0.3) is 0 Å². The van der Waals surface area contributed by atoms with Crippen LogP contribution in [0.25, 0.3) is 0 Å². The number of halogens is 3. The molecule has 1 saturated heterocycles. The van der Waals surface area contributed by atoms with Crippen LogP contribution in [0.15, 0.2) is 24.3 Å². The quantitative estimate of drug-likeness (QED) is 0.645. The first-order chi connectivity index (χ1) is 12.1. The van der Waals surface area contributed by atoms with Crippen LogP contribution < -0.4 is 10.1 Å². The summed E-state index contributed by atoms with van der Waals surface area (Å²) in [4.78, 5) is 2.35. The molecule has 142 valence electrons. The number of alkyl halides is 3. The number of nitrogens with one attached hydrogen (secondary N) is 1. The summed E-state index contributed by atoms with van der Waals surface area (Å²) >= 11 is 0. The van der Waals surface area contributed by atoms with E-state index < -0.39 is 11.7 Å². The van der Waals surface area contributed by atoms with E-state index in [9.17, 15) is 13.2 Å². The van der Waals surface area contributed by atoms with Crippen LogP contribution >= 0.6 is 0 Å². The van der Waals surface area contributed by atoms with Crippen molar-refractivity contribution < 1.29 is 27.4 Å². The highest BCUT2D eigenvalue weighted by molar-refractivity contribution is 5.30. The lowest BCUT2D eigenvalue weighted by atomic mass is 10.2. The topological polar surface area (TPSA) is 43.0 Å². The van der Waals surface area contributed by atoms with Crippen LogP contribution in [-0.4, -0.2) is 70.7 Å². The number of hydrogen-bond donors (Lipinski definition) is 1. The summed E-state index contributed by atoms with van der Waals surface area (Å²) in [7, 11) is 0. The van der Waals surface area contributed by atoms with Gasteiger partial charge in [-0.1, -0.05) is 6.07 Å². The van der Waals surface area contributed by atoms with Gasteiger partial charge >= 0.3 is 6.18 Å². The maximum atomic E-state index is 12.6. The van der Waals surface area contributed by atoms with Crippen molar-refractivity contribution in [3.63, 3.8) is 0 Å². The summed E-state index contributed by atoms with van der Waals surface area (Å²) in [6, 6.07) is 4.85. The van der Waals surface area contributed by atoms with Gasteiger partial charge in [-0.25, -0.2) is 0 Å². The van der Waals surface area contributed by atoms with Crippen molar-refractivity contribution in [2.75, 3.05) is 65.8 Å². The molecule has 8 heteroatoms. The van der Waals surface area contributed by atoms with Crippen molar-refractivity contribution >= 4 is 0 Å². The molecule has 0 aromatic heterocycles.